The molecule has 3 aromatic rings. The number of hydrogen-bond donors (Lipinski definition) is 3. The Labute approximate surface area is 264 Å². The van der Waals surface area contributed by atoms with Crippen LogP contribution in [-0.2, 0) is 32.2 Å². The first kappa shape index (κ1) is 33.3. The number of amides is 1. The van der Waals surface area contributed by atoms with E-state index in [0.717, 1.165) is 35.1 Å². The summed E-state index contributed by atoms with van der Waals surface area (Å²) in [4.78, 5) is 36.3. The molecular weight excluding hydrogens is 574 g/mol. The van der Waals surface area contributed by atoms with E-state index in [-0.39, 0.29) is 6.61 Å². The lowest BCUT2D eigenvalue weighted by Gasteiger charge is -2.22. The molecule has 11 nitrogen and oxygen atoms in total. The van der Waals surface area contributed by atoms with Crippen molar-refractivity contribution in [3.8, 4) is 5.75 Å². The van der Waals surface area contributed by atoms with Gasteiger partial charge in [0.05, 0.1) is 0 Å². The lowest BCUT2D eigenvalue weighted by atomic mass is 10.0. The fourth-order valence-electron chi connectivity index (χ4n) is 4.77. The Kier molecular flexibility index (Phi) is 11.8. The Morgan fingerprint density at radius 2 is 1.58 bits per heavy atom. The van der Waals surface area contributed by atoms with Gasteiger partial charge in [0, 0.05) is 26.2 Å². The van der Waals surface area contributed by atoms with Crippen molar-refractivity contribution in [1.29, 1.82) is 0 Å². The molecule has 1 heterocycles. The molecule has 1 amide bonds. The van der Waals surface area contributed by atoms with Gasteiger partial charge in [-0.05, 0) is 68.0 Å². The second-order valence-corrected chi connectivity index (χ2v) is 11.7. The Bertz CT molecular complexity index is 1390. The number of unbranched alkanes of at least 4 members (excludes halogenated alkanes) is 1. The molecule has 0 spiro atoms. The minimum atomic E-state index is -1.13. The van der Waals surface area contributed by atoms with Crippen molar-refractivity contribution in [1.82, 2.24) is 10.2 Å². The molecule has 0 radical (unpaired) electrons. The summed E-state index contributed by atoms with van der Waals surface area (Å²) in [6.07, 6.45) is -0.637. The van der Waals surface area contributed by atoms with Crippen LogP contribution in [0.1, 0.15) is 62.0 Å². The van der Waals surface area contributed by atoms with Crippen molar-refractivity contribution in [2.24, 2.45) is 16.6 Å². The summed E-state index contributed by atoms with van der Waals surface area (Å²) < 4.78 is 17.0. The molecule has 0 aliphatic carbocycles. The number of nitrogens with two attached hydrogens (primary N) is 2. The third-order valence-corrected chi connectivity index (χ3v) is 7.02. The average Bonchev–Trinajstić information content (AvgIpc) is 3.45. The van der Waals surface area contributed by atoms with Gasteiger partial charge in [-0.15, -0.1) is 0 Å². The normalized spacial score (nSPS) is 13.7. The first-order valence-electron chi connectivity index (χ1n) is 15.0. The quantitative estimate of drug-likeness (QED) is 0.0822. The van der Waals surface area contributed by atoms with Gasteiger partial charge in [0.1, 0.15) is 18.0 Å². The molecule has 0 bridgehead atoms. The Hall–Kier alpha value is -4.61. The second kappa shape index (κ2) is 15.9. The maximum absolute atomic E-state index is 13.1. The zero-order valence-corrected chi connectivity index (χ0v) is 26.1. The van der Waals surface area contributed by atoms with Gasteiger partial charge in [-0.25, -0.2) is 15.5 Å². The zero-order chi connectivity index (χ0) is 32.2. The van der Waals surface area contributed by atoms with E-state index in [9.17, 15) is 9.59 Å². The number of carbonyl (C=O) groups excluding carboxylic acids is 2. The van der Waals surface area contributed by atoms with Crippen LogP contribution in [0.15, 0.2) is 83.9 Å². The summed E-state index contributed by atoms with van der Waals surface area (Å²) >= 11 is 0. The highest BCUT2D eigenvalue weighted by molar-refractivity contribution is 5.79. The smallest absolute Gasteiger partial charge is 0.407 e. The molecule has 11 heteroatoms. The van der Waals surface area contributed by atoms with Gasteiger partial charge >= 0.3 is 12.1 Å². The van der Waals surface area contributed by atoms with Crippen LogP contribution in [0.5, 0.6) is 5.75 Å². The van der Waals surface area contributed by atoms with Crippen LogP contribution in [0.3, 0.4) is 0 Å². The predicted molar refractivity (Wildman–Crippen MR) is 171 cm³/mol. The van der Waals surface area contributed by atoms with E-state index in [1.165, 1.54) is 0 Å². The maximum Gasteiger partial charge on any atom is 0.407 e. The number of rotatable bonds is 13. The standard InChI is InChI=1S/C34H43N5O6/c1-34(2,3)44-33(41)38-19-11-10-18-37-32(35)39-21-26-16-17-28(20-27(26)22-39)42-23-29(45-36)31(40)43-30(24-12-6-4-7-13-24)25-14-8-5-9-15-25/h4-9,12-17,20,29-30H,10-11,18-19,21-23,36H2,1-3H3,(H2,35,37)(H,38,41)/t29-/m0/s1. The molecule has 5 N–H and O–H groups in total. The van der Waals surface area contributed by atoms with Crippen molar-refractivity contribution >= 4 is 18.0 Å². The number of carbonyl (C=O) groups is 2. The van der Waals surface area contributed by atoms with Gasteiger partial charge < -0.3 is 30.2 Å². The maximum atomic E-state index is 13.1. The summed E-state index contributed by atoms with van der Waals surface area (Å²) in [7, 11) is 0. The van der Waals surface area contributed by atoms with E-state index in [4.69, 9.17) is 30.7 Å². The molecule has 4 rings (SSSR count). The summed E-state index contributed by atoms with van der Waals surface area (Å²) in [5.74, 6) is 5.89. The lowest BCUT2D eigenvalue weighted by molar-refractivity contribution is -0.163. The number of nitrogens with one attached hydrogen (secondary N) is 1. The summed E-state index contributed by atoms with van der Waals surface area (Å²) in [5.41, 5.74) is 9.57. The van der Waals surface area contributed by atoms with E-state index in [1.54, 1.807) is 0 Å². The van der Waals surface area contributed by atoms with Gasteiger partial charge in [-0.2, -0.15) is 0 Å². The highest BCUT2D eigenvalue weighted by atomic mass is 16.7. The van der Waals surface area contributed by atoms with E-state index < -0.39 is 29.9 Å². The summed E-state index contributed by atoms with van der Waals surface area (Å²) in [6, 6.07) is 24.7. The van der Waals surface area contributed by atoms with Crippen molar-refractivity contribution in [2.45, 2.75) is 64.5 Å². The fourth-order valence-corrected chi connectivity index (χ4v) is 4.77. The van der Waals surface area contributed by atoms with E-state index in [2.05, 4.69) is 10.3 Å². The predicted octanol–water partition coefficient (Wildman–Crippen LogP) is 4.59. The van der Waals surface area contributed by atoms with Gasteiger partial charge in [0.15, 0.2) is 12.1 Å². The Morgan fingerprint density at radius 1 is 0.933 bits per heavy atom. The third-order valence-electron chi connectivity index (χ3n) is 7.02. The molecule has 3 aromatic carbocycles. The van der Waals surface area contributed by atoms with E-state index in [1.807, 2.05) is 105 Å². The van der Waals surface area contributed by atoms with Crippen molar-refractivity contribution in [3.05, 3.63) is 101 Å². The lowest BCUT2D eigenvalue weighted by Crippen LogP contribution is -2.35. The van der Waals surface area contributed by atoms with Crippen LogP contribution < -0.4 is 21.7 Å². The molecule has 1 atom stereocenters. The van der Waals surface area contributed by atoms with E-state index >= 15 is 0 Å². The van der Waals surface area contributed by atoms with Crippen molar-refractivity contribution in [2.75, 3.05) is 19.7 Å². The van der Waals surface area contributed by atoms with Gasteiger partial charge in [0.2, 0.25) is 6.10 Å². The van der Waals surface area contributed by atoms with E-state index in [0.29, 0.717) is 37.9 Å². The van der Waals surface area contributed by atoms with Crippen LogP contribution in [0.4, 0.5) is 4.79 Å². The second-order valence-electron chi connectivity index (χ2n) is 11.7. The molecule has 1 aliphatic heterocycles. The molecule has 1 aliphatic rings. The number of benzene rings is 3. The largest absolute Gasteiger partial charge is 0.490 e. The Morgan fingerprint density at radius 3 is 2.20 bits per heavy atom. The minimum Gasteiger partial charge on any atom is -0.490 e. The molecule has 45 heavy (non-hydrogen) atoms. The number of guanidine groups is 1. The molecule has 0 unspecified atom stereocenters. The van der Waals surface area contributed by atoms with Crippen LogP contribution in [0.25, 0.3) is 0 Å². The van der Waals surface area contributed by atoms with Crippen LogP contribution in [-0.4, -0.2) is 54.3 Å². The zero-order valence-electron chi connectivity index (χ0n) is 26.1. The van der Waals surface area contributed by atoms with Crippen molar-refractivity contribution < 1.29 is 28.6 Å². The fraction of sp³-hybridized carbons (Fsp3) is 0.382. The third kappa shape index (κ3) is 10.2. The number of fused-ring (bicyclic) bond motifs is 1. The molecule has 240 valence electrons. The average molecular weight is 618 g/mol. The highest BCUT2D eigenvalue weighted by Gasteiger charge is 2.27. The molecule has 0 saturated heterocycles. The molecular formula is C34H43N5O6. The van der Waals surface area contributed by atoms with Crippen LogP contribution in [0, 0.1) is 0 Å². The number of alkyl carbamates (subject to hydrolysis) is 1. The number of ether oxygens (including phenoxy) is 3. The highest BCUT2D eigenvalue weighted by Crippen LogP contribution is 2.28. The summed E-state index contributed by atoms with van der Waals surface area (Å²) in [6.45, 7) is 7.63. The molecule has 0 fully saturated rings. The number of nitrogens with zero attached hydrogens (tertiary/aromatic N) is 2. The monoisotopic (exact) mass is 617 g/mol. The van der Waals surface area contributed by atoms with Crippen molar-refractivity contribution in [3.63, 3.8) is 0 Å². The first-order chi connectivity index (χ1) is 21.6. The first-order valence-corrected chi connectivity index (χ1v) is 15.0. The SMILES string of the molecule is CC(C)(C)OC(=O)NCCCCN=C(N)N1Cc2ccc(OC[C@H](ON)C(=O)OC(c3ccccc3)c3ccccc3)cc2C1. The number of aliphatic imine (C=N–C) groups is 1. The molecule has 0 saturated carbocycles. The Balaban J connectivity index is 1.25. The summed E-state index contributed by atoms with van der Waals surface area (Å²) in [5, 5.41) is 2.74. The van der Waals surface area contributed by atoms with Gasteiger partial charge in [-0.1, -0.05) is 66.7 Å². The molecule has 0 aromatic heterocycles. The number of esters is 1. The topological polar surface area (TPSA) is 151 Å². The minimum absolute atomic E-state index is 0.124. The van der Waals surface area contributed by atoms with Crippen LogP contribution >= 0.6 is 0 Å². The number of hydrogen-bond acceptors (Lipinski definition) is 8. The van der Waals surface area contributed by atoms with Gasteiger partial charge in [-0.3, -0.25) is 9.83 Å². The van der Waals surface area contributed by atoms with Gasteiger partial charge in [0.25, 0.3) is 0 Å². The van der Waals surface area contributed by atoms with Crippen LogP contribution in [0.2, 0.25) is 0 Å².